The predicted octanol–water partition coefficient (Wildman–Crippen LogP) is 5.76. The average Bonchev–Trinajstić information content (AvgIpc) is 4.16. The summed E-state index contributed by atoms with van der Waals surface area (Å²) in [5.41, 5.74) is 1.43. The van der Waals surface area contributed by atoms with E-state index in [1.165, 1.54) is 38.7 Å². The standard InChI is InChI=1S/C26H31N3O7S.C25H31N3O6S/c1-33-22-8-4-20(5-9-22)18-28(19-21-6-10-23(34-2)11-7-21)37(31,32)24-12-15-29(27-24)26(25(30)35-3)13-16-36-17-14-26;1-32-22-7-3-20(4-8-22)17-27(18-21-5-9-23(33-2)10-6-21)35(30,31)24-11-14-28(26-24)25(19-29)12-15-34-16-13-25/h4-12,15H,13-14,16-19H2,1-3H3;3-11,14,29H,12-13,15-19H2,1-2H3. The number of aromatic nitrogens is 4. The third-order valence-electron chi connectivity index (χ3n) is 12.9. The van der Waals surface area contributed by atoms with Crippen LogP contribution in [0.5, 0.6) is 23.0 Å². The van der Waals surface area contributed by atoms with Gasteiger partial charge in [0, 0.05) is 77.8 Å². The van der Waals surface area contributed by atoms with Crippen LogP contribution in [0.2, 0.25) is 0 Å². The highest BCUT2D eigenvalue weighted by Crippen LogP contribution is 2.33. The number of carbonyl (C=O) groups is 1. The lowest BCUT2D eigenvalue weighted by atomic mass is 9.90. The number of aliphatic hydroxyl groups excluding tert-OH is 1. The van der Waals surface area contributed by atoms with Crippen molar-refractivity contribution in [3.05, 3.63) is 144 Å². The Hall–Kier alpha value is -6.33. The second-order valence-electron chi connectivity index (χ2n) is 17.3. The highest BCUT2D eigenvalue weighted by molar-refractivity contribution is 7.89. The predicted molar refractivity (Wildman–Crippen MR) is 264 cm³/mol. The first kappa shape index (κ1) is 53.5. The average molecular weight is 1030 g/mol. The summed E-state index contributed by atoms with van der Waals surface area (Å²) in [6.07, 6.45) is 4.95. The minimum absolute atomic E-state index is 0.0566. The fourth-order valence-corrected chi connectivity index (χ4v) is 11.1. The van der Waals surface area contributed by atoms with Crippen molar-refractivity contribution >= 4 is 26.0 Å². The van der Waals surface area contributed by atoms with Crippen molar-refractivity contribution in [1.29, 1.82) is 0 Å². The van der Waals surface area contributed by atoms with E-state index >= 15 is 0 Å². The summed E-state index contributed by atoms with van der Waals surface area (Å²) in [6.45, 7) is 2.07. The maximum atomic E-state index is 13.9. The van der Waals surface area contributed by atoms with Crippen molar-refractivity contribution < 1.29 is 59.9 Å². The maximum Gasteiger partial charge on any atom is 0.333 e. The Bertz CT molecular complexity index is 2800. The molecule has 0 radical (unpaired) electrons. The molecule has 6 aromatic rings. The molecule has 4 heterocycles. The second kappa shape index (κ2) is 23.9. The van der Waals surface area contributed by atoms with Crippen LogP contribution in [0.3, 0.4) is 0 Å². The number of aliphatic hydroxyl groups is 1. The SMILES string of the molecule is COC(=O)C1(n2ccc(S(=O)(=O)N(Cc3ccc(OC)cc3)Cc3ccc(OC)cc3)n2)CCOCC1.COc1ccc(CN(Cc2ccc(OC)cc2)S(=O)(=O)c2ccn(C3(CO)CCOCC3)n2)cc1. The molecular weight excluding hydrogens is 969 g/mol. The topological polar surface area (TPSA) is 212 Å². The first-order valence-electron chi connectivity index (χ1n) is 23.2. The van der Waals surface area contributed by atoms with Gasteiger partial charge in [-0.15, -0.1) is 0 Å². The molecule has 2 aliphatic heterocycles. The second-order valence-corrected chi connectivity index (χ2v) is 21.0. The van der Waals surface area contributed by atoms with E-state index in [0.717, 1.165) is 22.3 Å². The number of rotatable bonds is 20. The summed E-state index contributed by atoms with van der Waals surface area (Å²) >= 11 is 0. The van der Waals surface area contributed by atoms with Crippen LogP contribution >= 0.6 is 0 Å². The summed E-state index contributed by atoms with van der Waals surface area (Å²) in [5, 5.41) is 18.7. The van der Waals surface area contributed by atoms with Crippen LogP contribution < -0.4 is 18.9 Å². The Morgan fingerprint density at radius 3 is 1.17 bits per heavy atom. The van der Waals surface area contributed by atoms with Crippen molar-refractivity contribution in [3.63, 3.8) is 0 Å². The van der Waals surface area contributed by atoms with Gasteiger partial charge in [-0.25, -0.2) is 21.6 Å². The molecule has 0 saturated carbocycles. The number of nitrogens with zero attached hydrogens (tertiary/aromatic N) is 6. The van der Waals surface area contributed by atoms with Gasteiger partial charge in [0.2, 0.25) is 0 Å². The normalized spacial score (nSPS) is 15.6. The quantitative estimate of drug-likeness (QED) is 0.0901. The molecule has 0 aliphatic carbocycles. The van der Waals surface area contributed by atoms with E-state index in [1.54, 1.807) is 87.8 Å². The zero-order valence-electron chi connectivity index (χ0n) is 41.1. The minimum atomic E-state index is -4.05. The van der Waals surface area contributed by atoms with E-state index in [-0.39, 0.29) is 42.8 Å². The van der Waals surface area contributed by atoms with Crippen LogP contribution in [0.4, 0.5) is 0 Å². The number of carbonyl (C=O) groups excluding carboxylic acids is 1. The van der Waals surface area contributed by atoms with Gasteiger partial charge in [-0.05, 0) is 95.8 Å². The zero-order chi connectivity index (χ0) is 51.4. The number of hydrogen-bond donors (Lipinski definition) is 1. The summed E-state index contributed by atoms with van der Waals surface area (Å²) in [4.78, 5) is 12.8. The van der Waals surface area contributed by atoms with Gasteiger partial charge in [0.15, 0.2) is 15.6 Å². The molecule has 0 atom stereocenters. The monoisotopic (exact) mass is 1030 g/mol. The fraction of sp³-hybridized carbons (Fsp3) is 0.392. The van der Waals surface area contributed by atoms with Crippen molar-refractivity contribution in [3.8, 4) is 23.0 Å². The van der Waals surface area contributed by atoms with Gasteiger partial charge < -0.3 is 38.3 Å². The number of esters is 1. The molecule has 0 spiro atoms. The third kappa shape index (κ3) is 12.3. The smallest absolute Gasteiger partial charge is 0.333 e. The number of hydrogen-bond acceptors (Lipinski definition) is 15. The third-order valence-corrected chi connectivity index (χ3v) is 16.3. The van der Waals surface area contributed by atoms with Gasteiger partial charge >= 0.3 is 5.97 Å². The van der Waals surface area contributed by atoms with Gasteiger partial charge in [0.25, 0.3) is 20.0 Å². The van der Waals surface area contributed by atoms with Gasteiger partial charge in [-0.2, -0.15) is 18.8 Å². The molecule has 4 aromatic carbocycles. The molecular formula is C51H62N6O13S2. The molecule has 2 saturated heterocycles. The summed E-state index contributed by atoms with van der Waals surface area (Å²) in [5.74, 6) is 2.27. The molecule has 2 aromatic heterocycles. The lowest BCUT2D eigenvalue weighted by molar-refractivity contribution is -0.157. The molecule has 0 bridgehead atoms. The Kier molecular flexibility index (Phi) is 17.8. The maximum absolute atomic E-state index is 13.9. The Morgan fingerprint density at radius 1 is 0.528 bits per heavy atom. The first-order valence-corrected chi connectivity index (χ1v) is 26.1. The van der Waals surface area contributed by atoms with Gasteiger partial charge in [0.05, 0.1) is 47.7 Å². The molecule has 2 aliphatic rings. The molecule has 386 valence electrons. The molecule has 0 amide bonds. The number of sulfonamides is 2. The van der Waals surface area contributed by atoms with E-state index in [0.29, 0.717) is 75.1 Å². The van der Waals surface area contributed by atoms with Crippen LogP contribution in [0.25, 0.3) is 0 Å². The summed E-state index contributed by atoms with van der Waals surface area (Å²) < 4.78 is 97.9. The van der Waals surface area contributed by atoms with Gasteiger partial charge in [0.1, 0.15) is 23.0 Å². The Morgan fingerprint density at radius 2 is 0.847 bits per heavy atom. The van der Waals surface area contributed by atoms with Crippen LogP contribution in [-0.4, -0.2) is 125 Å². The van der Waals surface area contributed by atoms with E-state index in [9.17, 15) is 26.7 Å². The van der Waals surface area contributed by atoms with Crippen LogP contribution in [0.15, 0.2) is 132 Å². The lowest BCUT2D eigenvalue weighted by Gasteiger charge is -2.35. The molecule has 2 fully saturated rings. The molecule has 72 heavy (non-hydrogen) atoms. The van der Waals surface area contributed by atoms with Crippen LogP contribution in [-0.2, 0) is 76.3 Å². The van der Waals surface area contributed by atoms with Crippen molar-refractivity contribution in [2.24, 2.45) is 0 Å². The van der Waals surface area contributed by atoms with Gasteiger partial charge in [-0.3, -0.25) is 9.36 Å². The van der Waals surface area contributed by atoms with E-state index in [2.05, 4.69) is 10.2 Å². The minimum Gasteiger partial charge on any atom is -0.497 e. The van der Waals surface area contributed by atoms with Gasteiger partial charge in [-0.1, -0.05) is 48.5 Å². The highest BCUT2D eigenvalue weighted by atomic mass is 32.2. The van der Waals surface area contributed by atoms with E-state index in [4.69, 9.17) is 33.2 Å². The Balaban J connectivity index is 0.000000212. The van der Waals surface area contributed by atoms with Crippen molar-refractivity contribution in [2.45, 2.75) is 73.0 Å². The zero-order valence-corrected chi connectivity index (χ0v) is 42.7. The lowest BCUT2D eigenvalue weighted by Crippen LogP contribution is -2.47. The molecule has 21 heteroatoms. The van der Waals surface area contributed by atoms with E-state index < -0.39 is 37.1 Å². The van der Waals surface area contributed by atoms with E-state index in [1.807, 2.05) is 48.5 Å². The largest absolute Gasteiger partial charge is 0.497 e. The summed E-state index contributed by atoms with van der Waals surface area (Å²) in [7, 11) is -0.372. The van der Waals surface area contributed by atoms with Crippen LogP contribution in [0, 0.1) is 0 Å². The molecule has 0 unspecified atom stereocenters. The highest BCUT2D eigenvalue weighted by Gasteiger charge is 2.45. The Labute approximate surface area is 420 Å². The molecule has 8 rings (SSSR count). The number of methoxy groups -OCH3 is 5. The molecule has 1 N–H and O–H groups in total. The van der Waals surface area contributed by atoms with Crippen molar-refractivity contribution in [2.75, 3.05) is 68.6 Å². The number of benzene rings is 4. The molecule has 19 nitrogen and oxygen atoms in total. The fourth-order valence-electron chi connectivity index (χ4n) is 8.48. The summed E-state index contributed by atoms with van der Waals surface area (Å²) in [6, 6.07) is 31.9. The van der Waals surface area contributed by atoms with Crippen molar-refractivity contribution in [1.82, 2.24) is 28.2 Å². The number of ether oxygens (including phenoxy) is 7. The first-order chi connectivity index (χ1) is 34.7. The van der Waals surface area contributed by atoms with Crippen LogP contribution in [0.1, 0.15) is 47.9 Å².